The minimum atomic E-state index is 0.133. The quantitative estimate of drug-likeness (QED) is 0.831. The van der Waals surface area contributed by atoms with Crippen LogP contribution in [0.5, 0.6) is 11.5 Å². The lowest BCUT2D eigenvalue weighted by Crippen LogP contribution is -2.10. The molecule has 1 aliphatic carbocycles. The molecule has 0 amide bonds. The van der Waals surface area contributed by atoms with Crippen molar-refractivity contribution in [2.45, 2.75) is 38.9 Å². The zero-order valence-corrected chi connectivity index (χ0v) is 9.99. The molecule has 88 valence electrons. The van der Waals surface area contributed by atoms with Gasteiger partial charge in [-0.15, -0.1) is 0 Å². The Balaban J connectivity index is 2.25. The topological polar surface area (TPSA) is 43.4 Å². The fourth-order valence-corrected chi connectivity index (χ4v) is 1.42. The number of hydrogen-bond acceptors (Lipinski definition) is 4. The van der Waals surface area contributed by atoms with Crippen LogP contribution >= 0.6 is 0 Å². The largest absolute Gasteiger partial charge is 0.487 e. The van der Waals surface area contributed by atoms with Gasteiger partial charge in [0.1, 0.15) is 0 Å². The Morgan fingerprint density at radius 1 is 1.44 bits per heavy atom. The highest BCUT2D eigenvalue weighted by Gasteiger charge is 2.26. The summed E-state index contributed by atoms with van der Waals surface area (Å²) >= 11 is 0. The summed E-state index contributed by atoms with van der Waals surface area (Å²) in [6.45, 7) is 4.00. The van der Waals surface area contributed by atoms with E-state index < -0.39 is 0 Å². The number of anilines is 1. The fourth-order valence-electron chi connectivity index (χ4n) is 1.42. The van der Waals surface area contributed by atoms with Crippen molar-refractivity contribution in [2.75, 3.05) is 12.4 Å². The third-order valence-corrected chi connectivity index (χ3v) is 2.28. The van der Waals surface area contributed by atoms with E-state index in [-0.39, 0.29) is 6.10 Å². The van der Waals surface area contributed by atoms with Crippen LogP contribution in [0.25, 0.3) is 0 Å². The summed E-state index contributed by atoms with van der Waals surface area (Å²) in [7, 11) is 1.83. The second-order valence-electron chi connectivity index (χ2n) is 4.22. The molecular formula is C12H18N2O2. The van der Waals surface area contributed by atoms with Crippen LogP contribution in [0.4, 0.5) is 5.82 Å². The Bertz CT molecular complexity index is 362. The molecule has 1 saturated carbocycles. The molecule has 0 atom stereocenters. The van der Waals surface area contributed by atoms with Crippen LogP contribution in [0.2, 0.25) is 0 Å². The van der Waals surface area contributed by atoms with E-state index in [9.17, 15) is 0 Å². The zero-order valence-electron chi connectivity index (χ0n) is 9.99. The zero-order chi connectivity index (χ0) is 11.5. The molecule has 0 bridgehead atoms. The van der Waals surface area contributed by atoms with Crippen molar-refractivity contribution in [3.8, 4) is 11.5 Å². The van der Waals surface area contributed by atoms with Gasteiger partial charge in [0.2, 0.25) is 5.75 Å². The molecule has 0 spiro atoms. The van der Waals surface area contributed by atoms with E-state index in [0.29, 0.717) is 6.10 Å². The number of pyridine rings is 1. The molecule has 0 saturated heterocycles. The molecule has 0 unspecified atom stereocenters. The van der Waals surface area contributed by atoms with Gasteiger partial charge in [-0.3, -0.25) is 0 Å². The van der Waals surface area contributed by atoms with Crippen LogP contribution in [-0.2, 0) is 0 Å². The lowest BCUT2D eigenvalue weighted by molar-refractivity contribution is 0.217. The van der Waals surface area contributed by atoms with E-state index in [2.05, 4.69) is 10.3 Å². The van der Waals surface area contributed by atoms with E-state index >= 15 is 0 Å². The number of nitrogens with one attached hydrogen (secondary N) is 1. The maximum Gasteiger partial charge on any atom is 0.204 e. The predicted molar refractivity (Wildman–Crippen MR) is 63.2 cm³/mol. The summed E-state index contributed by atoms with van der Waals surface area (Å²) in [4.78, 5) is 4.23. The highest BCUT2D eigenvalue weighted by Crippen LogP contribution is 2.38. The number of nitrogens with zero attached hydrogens (tertiary/aromatic N) is 1. The molecule has 0 radical (unpaired) electrons. The van der Waals surface area contributed by atoms with Gasteiger partial charge >= 0.3 is 0 Å². The maximum atomic E-state index is 5.83. The van der Waals surface area contributed by atoms with Crippen molar-refractivity contribution in [1.82, 2.24) is 4.98 Å². The Labute approximate surface area is 96.0 Å². The van der Waals surface area contributed by atoms with Crippen LogP contribution in [-0.4, -0.2) is 24.2 Å². The van der Waals surface area contributed by atoms with Crippen molar-refractivity contribution >= 4 is 5.82 Å². The van der Waals surface area contributed by atoms with Crippen molar-refractivity contribution in [1.29, 1.82) is 0 Å². The van der Waals surface area contributed by atoms with Crippen LogP contribution in [0.3, 0.4) is 0 Å². The average Bonchev–Trinajstić information content (AvgIpc) is 3.03. The monoisotopic (exact) mass is 222 g/mol. The summed E-state index contributed by atoms with van der Waals surface area (Å²) in [5.41, 5.74) is 0. The van der Waals surface area contributed by atoms with Crippen molar-refractivity contribution in [2.24, 2.45) is 0 Å². The summed E-state index contributed by atoms with van der Waals surface area (Å²) in [6, 6.07) is 1.85. The van der Waals surface area contributed by atoms with Gasteiger partial charge in [0, 0.05) is 19.3 Å². The number of hydrogen-bond donors (Lipinski definition) is 1. The predicted octanol–water partition coefficient (Wildman–Crippen LogP) is 2.45. The van der Waals surface area contributed by atoms with Crippen molar-refractivity contribution in [3.63, 3.8) is 0 Å². The van der Waals surface area contributed by atoms with Crippen molar-refractivity contribution < 1.29 is 9.47 Å². The molecule has 1 aromatic rings. The normalized spacial score (nSPS) is 15.0. The SMILES string of the molecule is CNc1nccc(OC(C)C)c1OC1CC1. The van der Waals surface area contributed by atoms with E-state index in [4.69, 9.17) is 9.47 Å². The molecule has 16 heavy (non-hydrogen) atoms. The van der Waals surface area contributed by atoms with Crippen molar-refractivity contribution in [3.05, 3.63) is 12.3 Å². The average molecular weight is 222 g/mol. The van der Waals surface area contributed by atoms with Crippen LogP contribution in [0.1, 0.15) is 26.7 Å². The second kappa shape index (κ2) is 4.60. The summed E-state index contributed by atoms with van der Waals surface area (Å²) in [5.74, 6) is 2.24. The standard InChI is InChI=1S/C12H18N2O2/c1-8(2)15-10-6-7-14-12(13-3)11(10)16-9-4-5-9/h6-9H,4-5H2,1-3H3,(H,13,14). The lowest BCUT2D eigenvalue weighted by Gasteiger charge is -2.16. The molecular weight excluding hydrogens is 204 g/mol. The van der Waals surface area contributed by atoms with Crippen LogP contribution in [0.15, 0.2) is 12.3 Å². The fraction of sp³-hybridized carbons (Fsp3) is 0.583. The lowest BCUT2D eigenvalue weighted by atomic mass is 10.3. The molecule has 1 fully saturated rings. The molecule has 4 heteroatoms. The summed E-state index contributed by atoms with van der Waals surface area (Å²) in [5, 5.41) is 3.03. The summed E-state index contributed by atoms with van der Waals surface area (Å²) in [6.07, 6.45) is 4.45. The Morgan fingerprint density at radius 3 is 2.75 bits per heavy atom. The van der Waals surface area contributed by atoms with E-state index in [1.807, 2.05) is 27.0 Å². The first-order chi connectivity index (χ1) is 7.70. The van der Waals surface area contributed by atoms with Crippen LogP contribution < -0.4 is 14.8 Å². The van der Waals surface area contributed by atoms with E-state index in [1.54, 1.807) is 6.20 Å². The van der Waals surface area contributed by atoms with Gasteiger partial charge in [0.25, 0.3) is 0 Å². The Morgan fingerprint density at radius 2 is 2.19 bits per heavy atom. The maximum absolute atomic E-state index is 5.83. The van der Waals surface area contributed by atoms with Gasteiger partial charge in [-0.05, 0) is 26.7 Å². The van der Waals surface area contributed by atoms with Crippen LogP contribution in [0, 0.1) is 0 Å². The molecule has 2 rings (SSSR count). The first-order valence-electron chi connectivity index (χ1n) is 5.70. The van der Waals surface area contributed by atoms with E-state index in [0.717, 1.165) is 30.2 Å². The van der Waals surface area contributed by atoms with Gasteiger partial charge < -0.3 is 14.8 Å². The molecule has 0 aliphatic heterocycles. The molecule has 4 nitrogen and oxygen atoms in total. The first-order valence-corrected chi connectivity index (χ1v) is 5.70. The molecule has 0 aromatic carbocycles. The Hall–Kier alpha value is -1.45. The molecule has 1 aliphatic rings. The van der Waals surface area contributed by atoms with E-state index in [1.165, 1.54) is 0 Å². The van der Waals surface area contributed by atoms with Gasteiger partial charge in [0.05, 0.1) is 12.2 Å². The Kier molecular flexibility index (Phi) is 3.17. The number of ether oxygens (including phenoxy) is 2. The highest BCUT2D eigenvalue weighted by molar-refractivity contribution is 5.57. The molecule has 1 heterocycles. The van der Waals surface area contributed by atoms with Gasteiger partial charge in [0.15, 0.2) is 11.6 Å². The third-order valence-electron chi connectivity index (χ3n) is 2.28. The third kappa shape index (κ3) is 2.56. The number of rotatable bonds is 5. The number of aromatic nitrogens is 1. The minimum absolute atomic E-state index is 0.133. The molecule has 1 aromatic heterocycles. The van der Waals surface area contributed by atoms with Gasteiger partial charge in [-0.2, -0.15) is 0 Å². The molecule has 1 N–H and O–H groups in total. The smallest absolute Gasteiger partial charge is 0.204 e. The van der Waals surface area contributed by atoms with Gasteiger partial charge in [-0.1, -0.05) is 0 Å². The highest BCUT2D eigenvalue weighted by atomic mass is 16.5. The second-order valence-corrected chi connectivity index (χ2v) is 4.22. The van der Waals surface area contributed by atoms with Gasteiger partial charge in [-0.25, -0.2) is 4.98 Å². The minimum Gasteiger partial charge on any atom is -0.487 e. The summed E-state index contributed by atoms with van der Waals surface area (Å²) < 4.78 is 11.5. The first kappa shape index (κ1) is 11.0.